The normalized spacial score (nSPS) is 13.3. The lowest BCUT2D eigenvalue weighted by molar-refractivity contribution is 0.911. The molecule has 0 fully saturated rings. The Morgan fingerprint density at radius 3 is 2.84 bits per heavy atom. The molecule has 0 radical (unpaired) electrons. The molecule has 3 nitrogen and oxygen atoms in total. The van der Waals surface area contributed by atoms with Crippen LogP contribution in [0.15, 0.2) is 30.3 Å². The van der Waals surface area contributed by atoms with E-state index < -0.39 is 0 Å². The van der Waals surface area contributed by atoms with Gasteiger partial charge in [0, 0.05) is 6.54 Å². The third-order valence-electron chi connectivity index (χ3n) is 3.76. The van der Waals surface area contributed by atoms with Gasteiger partial charge in [-0.05, 0) is 55.0 Å². The van der Waals surface area contributed by atoms with Gasteiger partial charge in [-0.3, -0.25) is 0 Å². The Labute approximate surface area is 113 Å². The van der Waals surface area contributed by atoms with E-state index in [1.807, 2.05) is 19.1 Å². The number of rotatable bonds is 3. The molecule has 0 aliphatic heterocycles. The molecule has 0 bridgehead atoms. The predicted molar refractivity (Wildman–Crippen MR) is 79.2 cm³/mol. The maximum absolute atomic E-state index is 5.77. The van der Waals surface area contributed by atoms with Crippen LogP contribution in [0.3, 0.4) is 0 Å². The predicted octanol–water partition coefficient (Wildman–Crippen LogP) is 3.07. The van der Waals surface area contributed by atoms with Crippen molar-refractivity contribution in [3.8, 4) is 0 Å². The third-order valence-corrected chi connectivity index (χ3v) is 3.76. The van der Waals surface area contributed by atoms with Crippen LogP contribution in [0.4, 0.5) is 11.5 Å². The number of nitrogen functional groups attached to an aromatic ring is 1. The number of anilines is 2. The van der Waals surface area contributed by atoms with Crippen LogP contribution in [-0.4, -0.2) is 4.98 Å². The van der Waals surface area contributed by atoms with E-state index in [-0.39, 0.29) is 0 Å². The zero-order chi connectivity index (χ0) is 13.2. The van der Waals surface area contributed by atoms with Crippen LogP contribution < -0.4 is 11.1 Å². The Morgan fingerprint density at radius 1 is 1.16 bits per heavy atom. The Balaban J connectivity index is 1.70. The summed E-state index contributed by atoms with van der Waals surface area (Å²) in [5.41, 5.74) is 11.7. The Kier molecular flexibility index (Phi) is 3.11. The molecule has 1 heterocycles. The van der Waals surface area contributed by atoms with E-state index in [2.05, 4.69) is 28.5 Å². The maximum atomic E-state index is 5.77. The number of hydrogen-bond acceptors (Lipinski definition) is 3. The molecule has 0 saturated carbocycles. The Hall–Kier alpha value is -2.03. The summed E-state index contributed by atoms with van der Waals surface area (Å²) in [5, 5.41) is 3.35. The summed E-state index contributed by atoms with van der Waals surface area (Å²) in [4.78, 5) is 4.42. The summed E-state index contributed by atoms with van der Waals surface area (Å²) in [6.07, 6.45) is 3.76. The fourth-order valence-corrected chi connectivity index (χ4v) is 2.60. The van der Waals surface area contributed by atoms with E-state index in [1.54, 1.807) is 0 Å². The van der Waals surface area contributed by atoms with Crippen LogP contribution in [-0.2, 0) is 19.4 Å². The zero-order valence-corrected chi connectivity index (χ0v) is 11.2. The van der Waals surface area contributed by atoms with Gasteiger partial charge in [0.15, 0.2) is 0 Å². The van der Waals surface area contributed by atoms with Crippen molar-refractivity contribution in [2.75, 3.05) is 11.1 Å². The largest absolute Gasteiger partial charge is 0.397 e. The number of nitrogens with zero attached hydrogens (tertiary/aromatic N) is 1. The van der Waals surface area contributed by atoms with Gasteiger partial charge in [0.2, 0.25) is 0 Å². The summed E-state index contributed by atoms with van der Waals surface area (Å²) in [5.74, 6) is 0.882. The van der Waals surface area contributed by atoms with Crippen LogP contribution in [0.5, 0.6) is 0 Å². The molecule has 3 rings (SSSR count). The number of hydrogen-bond donors (Lipinski definition) is 2. The molecule has 0 unspecified atom stereocenters. The van der Waals surface area contributed by atoms with Crippen LogP contribution in [0.25, 0.3) is 0 Å². The first-order valence-electron chi connectivity index (χ1n) is 6.80. The lowest BCUT2D eigenvalue weighted by Gasteiger charge is -2.09. The molecule has 1 aromatic carbocycles. The zero-order valence-electron chi connectivity index (χ0n) is 11.2. The SMILES string of the molecule is Cc1nc(NCc2ccc3c(c2)CCC3)ccc1N. The highest BCUT2D eigenvalue weighted by atomic mass is 15.0. The summed E-state index contributed by atoms with van der Waals surface area (Å²) >= 11 is 0. The molecule has 3 N–H and O–H groups in total. The number of aromatic nitrogens is 1. The average Bonchev–Trinajstić information content (AvgIpc) is 2.87. The van der Waals surface area contributed by atoms with Crippen molar-refractivity contribution in [3.63, 3.8) is 0 Å². The molecule has 1 aliphatic carbocycles. The second-order valence-electron chi connectivity index (χ2n) is 5.18. The van der Waals surface area contributed by atoms with Gasteiger partial charge in [0.1, 0.15) is 5.82 Å². The first-order chi connectivity index (χ1) is 9.22. The first kappa shape index (κ1) is 12.0. The van der Waals surface area contributed by atoms with Crippen molar-refractivity contribution >= 4 is 11.5 Å². The number of benzene rings is 1. The lowest BCUT2D eigenvalue weighted by Crippen LogP contribution is -2.03. The smallest absolute Gasteiger partial charge is 0.126 e. The summed E-state index contributed by atoms with van der Waals surface area (Å²) < 4.78 is 0. The van der Waals surface area contributed by atoms with Crippen molar-refractivity contribution in [1.82, 2.24) is 4.98 Å². The lowest BCUT2D eigenvalue weighted by atomic mass is 10.1. The fourth-order valence-electron chi connectivity index (χ4n) is 2.60. The minimum atomic E-state index is 0.739. The highest BCUT2D eigenvalue weighted by molar-refractivity contribution is 5.49. The van der Waals surface area contributed by atoms with E-state index in [1.165, 1.54) is 36.0 Å². The molecule has 3 heteroatoms. The fraction of sp³-hybridized carbons (Fsp3) is 0.312. The second-order valence-corrected chi connectivity index (χ2v) is 5.18. The molecule has 1 aliphatic rings. The molecular weight excluding hydrogens is 234 g/mol. The van der Waals surface area contributed by atoms with E-state index in [9.17, 15) is 0 Å². The number of nitrogens with two attached hydrogens (primary N) is 1. The average molecular weight is 253 g/mol. The van der Waals surface area contributed by atoms with Gasteiger partial charge in [-0.25, -0.2) is 4.98 Å². The molecule has 0 amide bonds. The van der Waals surface area contributed by atoms with E-state index in [4.69, 9.17) is 5.73 Å². The van der Waals surface area contributed by atoms with Gasteiger partial charge >= 0.3 is 0 Å². The van der Waals surface area contributed by atoms with Gasteiger partial charge in [-0.15, -0.1) is 0 Å². The van der Waals surface area contributed by atoms with Crippen LogP contribution >= 0.6 is 0 Å². The summed E-state index contributed by atoms with van der Waals surface area (Å²) in [6.45, 7) is 2.74. The highest BCUT2D eigenvalue weighted by Gasteiger charge is 2.10. The van der Waals surface area contributed by atoms with Crippen molar-refractivity contribution in [3.05, 3.63) is 52.7 Å². The molecule has 1 aromatic heterocycles. The molecule has 2 aromatic rings. The van der Waals surface area contributed by atoms with E-state index in [0.29, 0.717) is 0 Å². The summed E-state index contributed by atoms with van der Waals surface area (Å²) in [6, 6.07) is 10.6. The topological polar surface area (TPSA) is 50.9 Å². The standard InChI is InChI=1S/C16H19N3/c1-11-15(17)7-8-16(19-11)18-10-12-5-6-13-3-2-4-14(13)9-12/h5-9H,2-4,10,17H2,1H3,(H,18,19). The third kappa shape index (κ3) is 2.55. The van der Waals surface area contributed by atoms with E-state index >= 15 is 0 Å². The quantitative estimate of drug-likeness (QED) is 0.884. The molecule has 98 valence electrons. The minimum Gasteiger partial charge on any atom is -0.397 e. The van der Waals surface area contributed by atoms with Gasteiger partial charge in [-0.1, -0.05) is 18.2 Å². The van der Waals surface area contributed by atoms with Crippen molar-refractivity contribution < 1.29 is 0 Å². The Bertz CT molecular complexity index is 605. The van der Waals surface area contributed by atoms with Gasteiger partial charge < -0.3 is 11.1 Å². The molecule has 0 saturated heterocycles. The molecule has 19 heavy (non-hydrogen) atoms. The van der Waals surface area contributed by atoms with Crippen molar-refractivity contribution in [2.45, 2.75) is 32.7 Å². The van der Waals surface area contributed by atoms with Gasteiger partial charge in [0.05, 0.1) is 11.4 Å². The van der Waals surface area contributed by atoms with Crippen LogP contribution in [0.2, 0.25) is 0 Å². The van der Waals surface area contributed by atoms with Gasteiger partial charge in [-0.2, -0.15) is 0 Å². The van der Waals surface area contributed by atoms with Crippen LogP contribution in [0.1, 0.15) is 28.8 Å². The second kappa shape index (κ2) is 4.92. The minimum absolute atomic E-state index is 0.739. The number of pyridine rings is 1. The number of aryl methyl sites for hydroxylation is 3. The molecular formula is C16H19N3. The monoisotopic (exact) mass is 253 g/mol. The van der Waals surface area contributed by atoms with Crippen molar-refractivity contribution in [1.29, 1.82) is 0 Å². The summed E-state index contributed by atoms with van der Waals surface area (Å²) in [7, 11) is 0. The molecule has 0 spiro atoms. The van der Waals surface area contributed by atoms with Gasteiger partial charge in [0.25, 0.3) is 0 Å². The number of nitrogens with one attached hydrogen (secondary N) is 1. The first-order valence-corrected chi connectivity index (χ1v) is 6.80. The maximum Gasteiger partial charge on any atom is 0.126 e. The van der Waals surface area contributed by atoms with Crippen LogP contribution in [0, 0.1) is 6.92 Å². The van der Waals surface area contributed by atoms with E-state index in [0.717, 1.165) is 23.7 Å². The Morgan fingerprint density at radius 2 is 2.00 bits per heavy atom. The molecule has 0 atom stereocenters. The highest BCUT2D eigenvalue weighted by Crippen LogP contribution is 2.23. The van der Waals surface area contributed by atoms with Crippen molar-refractivity contribution in [2.24, 2.45) is 0 Å². The number of fused-ring (bicyclic) bond motifs is 1.